The van der Waals surface area contributed by atoms with Gasteiger partial charge in [-0.15, -0.1) is 0 Å². The highest BCUT2D eigenvalue weighted by Gasteiger charge is 2.85. The summed E-state index contributed by atoms with van der Waals surface area (Å²) < 4.78 is 225. The van der Waals surface area contributed by atoms with Gasteiger partial charge in [0.1, 0.15) is 0 Å². The summed E-state index contributed by atoms with van der Waals surface area (Å²) in [6.07, 6.45) is -38.6. The number of amides is 1. The Morgan fingerprint density at radius 3 is 1.49 bits per heavy atom. The van der Waals surface area contributed by atoms with Crippen molar-refractivity contribution in [2.24, 2.45) is 0 Å². The quantitative estimate of drug-likeness (QED) is 0.302. The van der Waals surface area contributed by atoms with Crippen molar-refractivity contribution >= 4 is 27.5 Å². The standard InChI is InChI=1S/C15H5BrF17NO3/c16-5-3-1-2-4-6(5)34-7(35)8(17,11(21,22)23)36-15(32,33)10(20,13(27,28)29)37-14(30,31)9(18,19)12(24,25)26/h1-4H,(H,34,35). The minimum atomic E-state index is -8.06. The monoisotopic (exact) mass is 649 g/mol. The topological polar surface area (TPSA) is 47.6 Å². The number of carbonyl (C=O) groups is 1. The highest BCUT2D eigenvalue weighted by Crippen LogP contribution is 2.56. The second-order valence-electron chi connectivity index (χ2n) is 6.43. The molecule has 0 saturated carbocycles. The average Bonchev–Trinajstić information content (AvgIpc) is 2.66. The van der Waals surface area contributed by atoms with Crippen molar-refractivity contribution in [1.82, 2.24) is 0 Å². The summed E-state index contributed by atoms with van der Waals surface area (Å²) in [6, 6.07) is 3.53. The molecule has 0 aliphatic heterocycles. The summed E-state index contributed by atoms with van der Waals surface area (Å²) in [4.78, 5) is 11.7. The number of benzene rings is 1. The summed E-state index contributed by atoms with van der Waals surface area (Å²) in [6.45, 7) is 0. The lowest BCUT2D eigenvalue weighted by molar-refractivity contribution is -0.548. The molecule has 0 aliphatic rings. The molecule has 0 bridgehead atoms. The molecule has 1 N–H and O–H groups in total. The molecular weight excluding hydrogens is 645 g/mol. The van der Waals surface area contributed by atoms with Crippen LogP contribution in [0.3, 0.4) is 0 Å². The summed E-state index contributed by atoms with van der Waals surface area (Å²) in [5, 5.41) is 0.862. The van der Waals surface area contributed by atoms with Crippen molar-refractivity contribution in [3.63, 3.8) is 0 Å². The fraction of sp³-hybridized carbons (Fsp3) is 0.533. The smallest absolute Gasteiger partial charge is 0.320 e. The fourth-order valence-corrected chi connectivity index (χ4v) is 2.31. The zero-order valence-corrected chi connectivity index (χ0v) is 17.9. The number of nitrogens with one attached hydrogen (secondary N) is 1. The van der Waals surface area contributed by atoms with E-state index in [0.717, 1.165) is 23.5 Å². The molecule has 214 valence electrons. The van der Waals surface area contributed by atoms with E-state index in [9.17, 15) is 79.4 Å². The summed E-state index contributed by atoms with van der Waals surface area (Å²) in [5.74, 6) is -26.3. The molecule has 0 fully saturated rings. The number of anilines is 1. The van der Waals surface area contributed by atoms with Gasteiger partial charge in [0.15, 0.2) is 0 Å². The summed E-state index contributed by atoms with van der Waals surface area (Å²) in [5.41, 5.74) is -0.930. The maximum absolute atomic E-state index is 14.4. The second-order valence-corrected chi connectivity index (χ2v) is 7.28. The van der Waals surface area contributed by atoms with Crippen LogP contribution in [0.1, 0.15) is 0 Å². The molecule has 0 radical (unpaired) electrons. The van der Waals surface area contributed by atoms with E-state index >= 15 is 0 Å². The van der Waals surface area contributed by atoms with E-state index in [0.29, 0.717) is 6.07 Å². The molecule has 22 heteroatoms. The zero-order valence-electron chi connectivity index (χ0n) is 16.3. The highest BCUT2D eigenvalue weighted by atomic mass is 79.9. The first kappa shape index (κ1) is 32.9. The van der Waals surface area contributed by atoms with Gasteiger partial charge in [-0.1, -0.05) is 12.1 Å². The Morgan fingerprint density at radius 2 is 1.11 bits per heavy atom. The molecule has 2 atom stereocenters. The lowest BCUT2D eigenvalue weighted by Gasteiger charge is -2.40. The van der Waals surface area contributed by atoms with Crippen LogP contribution in [0.15, 0.2) is 28.7 Å². The highest BCUT2D eigenvalue weighted by molar-refractivity contribution is 9.10. The van der Waals surface area contributed by atoms with E-state index in [2.05, 4.69) is 15.9 Å². The Morgan fingerprint density at radius 1 is 0.649 bits per heavy atom. The number of hydrogen-bond donors (Lipinski definition) is 1. The predicted molar refractivity (Wildman–Crippen MR) is 85.6 cm³/mol. The number of hydrogen-bond acceptors (Lipinski definition) is 3. The SMILES string of the molecule is O=C(Nc1ccccc1Br)C(F)(OC(F)(F)C(F)(OC(F)(F)C(F)(F)C(F)(F)F)C(F)(F)F)C(F)(F)F. The summed E-state index contributed by atoms with van der Waals surface area (Å²) >= 11 is 2.55. The van der Waals surface area contributed by atoms with Crippen LogP contribution >= 0.6 is 15.9 Å². The first-order chi connectivity index (χ1) is 16.1. The van der Waals surface area contributed by atoms with E-state index in [1.54, 1.807) is 0 Å². The van der Waals surface area contributed by atoms with Gasteiger partial charge in [-0.25, -0.2) is 0 Å². The molecule has 4 nitrogen and oxygen atoms in total. The minimum Gasteiger partial charge on any atom is -0.320 e. The number of ether oxygens (including phenoxy) is 2. The Hall–Kier alpha value is -2.10. The molecule has 1 aromatic carbocycles. The first-order valence-electron chi connectivity index (χ1n) is 8.25. The van der Waals surface area contributed by atoms with Crippen LogP contribution in [-0.4, -0.2) is 54.3 Å². The minimum absolute atomic E-state index is 0.438. The molecule has 0 aliphatic carbocycles. The Kier molecular flexibility index (Phi) is 8.52. The van der Waals surface area contributed by atoms with Crippen molar-refractivity contribution in [3.05, 3.63) is 28.7 Å². The maximum Gasteiger partial charge on any atom is 0.462 e. The van der Waals surface area contributed by atoms with Gasteiger partial charge in [-0.3, -0.25) is 14.3 Å². The van der Waals surface area contributed by atoms with E-state index in [4.69, 9.17) is 0 Å². The fourth-order valence-electron chi connectivity index (χ4n) is 1.93. The van der Waals surface area contributed by atoms with Crippen LogP contribution in [0.25, 0.3) is 0 Å². The molecule has 1 rings (SSSR count). The van der Waals surface area contributed by atoms with Crippen LogP contribution in [-0.2, 0) is 14.3 Å². The number of alkyl halides is 17. The van der Waals surface area contributed by atoms with Crippen molar-refractivity contribution in [2.45, 2.75) is 48.4 Å². The third-order valence-corrected chi connectivity index (χ3v) is 4.47. The number of rotatable bonds is 8. The van der Waals surface area contributed by atoms with Gasteiger partial charge in [-0.2, -0.15) is 74.6 Å². The largest absolute Gasteiger partial charge is 0.462 e. The Balaban J connectivity index is 3.64. The van der Waals surface area contributed by atoms with Gasteiger partial charge in [-0.05, 0) is 28.1 Å². The lowest BCUT2D eigenvalue weighted by Crippen LogP contribution is -2.68. The maximum atomic E-state index is 14.4. The van der Waals surface area contributed by atoms with Gasteiger partial charge in [0.05, 0.1) is 5.69 Å². The molecule has 0 aromatic heterocycles. The molecular formula is C15H5BrF17NO3. The third kappa shape index (κ3) is 5.99. The Labute approximate surface area is 199 Å². The Bertz CT molecular complexity index is 991. The van der Waals surface area contributed by atoms with Crippen LogP contribution in [0.2, 0.25) is 0 Å². The van der Waals surface area contributed by atoms with Gasteiger partial charge in [0.2, 0.25) is 0 Å². The van der Waals surface area contributed by atoms with Gasteiger partial charge >= 0.3 is 48.4 Å². The van der Waals surface area contributed by atoms with Crippen molar-refractivity contribution in [2.75, 3.05) is 5.32 Å². The molecule has 0 heterocycles. The third-order valence-electron chi connectivity index (χ3n) is 3.78. The molecule has 1 aromatic rings. The van der Waals surface area contributed by atoms with Gasteiger partial charge < -0.3 is 5.32 Å². The normalized spacial score (nSPS) is 17.7. The van der Waals surface area contributed by atoms with Gasteiger partial charge in [0, 0.05) is 4.47 Å². The van der Waals surface area contributed by atoms with Crippen LogP contribution in [0, 0.1) is 0 Å². The molecule has 0 spiro atoms. The van der Waals surface area contributed by atoms with Gasteiger partial charge in [0.25, 0.3) is 5.91 Å². The van der Waals surface area contributed by atoms with Crippen molar-refractivity contribution in [1.29, 1.82) is 0 Å². The van der Waals surface area contributed by atoms with Crippen LogP contribution < -0.4 is 5.32 Å². The first-order valence-corrected chi connectivity index (χ1v) is 9.04. The molecule has 1 amide bonds. The van der Waals surface area contributed by atoms with Crippen molar-refractivity contribution in [3.8, 4) is 0 Å². The molecule has 2 unspecified atom stereocenters. The molecule has 37 heavy (non-hydrogen) atoms. The van der Waals surface area contributed by atoms with E-state index < -0.39 is 64.4 Å². The number of halogens is 18. The molecule has 0 saturated heterocycles. The van der Waals surface area contributed by atoms with Crippen LogP contribution in [0.5, 0.6) is 0 Å². The predicted octanol–water partition coefficient (Wildman–Crippen LogP) is 7.26. The number of para-hydroxylation sites is 1. The summed E-state index contributed by atoms with van der Waals surface area (Å²) in [7, 11) is 0. The van der Waals surface area contributed by atoms with Crippen molar-refractivity contribution < 1.29 is 88.9 Å². The zero-order chi connectivity index (χ0) is 29.7. The lowest BCUT2D eigenvalue weighted by atomic mass is 10.2. The second kappa shape index (κ2) is 9.58. The number of carbonyl (C=O) groups excluding carboxylic acids is 1. The van der Waals surface area contributed by atoms with E-state index in [1.807, 2.05) is 4.74 Å². The average molecular weight is 650 g/mol. The van der Waals surface area contributed by atoms with E-state index in [1.165, 1.54) is 4.74 Å². The van der Waals surface area contributed by atoms with E-state index in [-0.39, 0.29) is 0 Å². The van der Waals surface area contributed by atoms with Crippen LogP contribution in [0.4, 0.5) is 80.3 Å².